The largest absolute Gasteiger partial charge is 0.492 e. The van der Waals surface area contributed by atoms with Crippen LogP contribution in [0.2, 0.25) is 0 Å². The average Bonchev–Trinajstić information content (AvgIpc) is 2.52. The van der Waals surface area contributed by atoms with Crippen LogP contribution in [0.3, 0.4) is 0 Å². The van der Waals surface area contributed by atoms with Gasteiger partial charge in [-0.3, -0.25) is 0 Å². The van der Waals surface area contributed by atoms with Crippen LogP contribution in [0.1, 0.15) is 49.4 Å². The Morgan fingerprint density at radius 2 is 1.95 bits per heavy atom. The summed E-state index contributed by atoms with van der Waals surface area (Å²) in [5.41, 5.74) is 0.284. The van der Waals surface area contributed by atoms with Crippen LogP contribution in [0.4, 0.5) is 0 Å². The lowest BCUT2D eigenvalue weighted by Crippen LogP contribution is -2.37. The van der Waals surface area contributed by atoms with Crippen molar-refractivity contribution in [2.45, 2.75) is 45.1 Å². The third-order valence-corrected chi connectivity index (χ3v) is 4.30. The standard InChI is InChI=1S/C17H25NO3/c1-13(14-5-3-2-4-6-14)18-11-12-21-16-9-7-15(8-10-16)17(19)20/h7-10,13-14,18H,2-6,11-12H2,1H3,(H,19,20)/t13-/m0/s1. The summed E-state index contributed by atoms with van der Waals surface area (Å²) in [7, 11) is 0. The van der Waals surface area contributed by atoms with Gasteiger partial charge in [-0.15, -0.1) is 0 Å². The number of hydrogen-bond donors (Lipinski definition) is 2. The van der Waals surface area contributed by atoms with E-state index < -0.39 is 5.97 Å². The Labute approximate surface area is 126 Å². The van der Waals surface area contributed by atoms with E-state index in [4.69, 9.17) is 9.84 Å². The summed E-state index contributed by atoms with van der Waals surface area (Å²) in [5.74, 6) is 0.602. The molecule has 0 aliphatic heterocycles. The van der Waals surface area contributed by atoms with E-state index in [1.165, 1.54) is 32.1 Å². The predicted octanol–water partition coefficient (Wildman–Crippen LogP) is 3.32. The van der Waals surface area contributed by atoms with Gasteiger partial charge in [0, 0.05) is 12.6 Å². The summed E-state index contributed by atoms with van der Waals surface area (Å²) in [4.78, 5) is 10.7. The van der Waals surface area contributed by atoms with Gasteiger partial charge < -0.3 is 15.2 Å². The molecule has 0 heterocycles. The molecule has 116 valence electrons. The van der Waals surface area contributed by atoms with Gasteiger partial charge in [0.15, 0.2) is 0 Å². The minimum atomic E-state index is -0.912. The Bertz CT molecular complexity index is 438. The Morgan fingerprint density at radius 3 is 2.57 bits per heavy atom. The van der Waals surface area contributed by atoms with Gasteiger partial charge in [0.25, 0.3) is 0 Å². The summed E-state index contributed by atoms with van der Waals surface area (Å²) < 4.78 is 5.62. The van der Waals surface area contributed by atoms with E-state index in [1.54, 1.807) is 24.3 Å². The summed E-state index contributed by atoms with van der Waals surface area (Å²) in [6.07, 6.45) is 6.79. The van der Waals surface area contributed by atoms with Crippen LogP contribution in [0, 0.1) is 5.92 Å². The molecule has 0 saturated heterocycles. The maximum atomic E-state index is 10.7. The van der Waals surface area contributed by atoms with Gasteiger partial charge in [0.2, 0.25) is 0 Å². The van der Waals surface area contributed by atoms with Gasteiger partial charge in [-0.25, -0.2) is 4.79 Å². The van der Waals surface area contributed by atoms with E-state index in [2.05, 4.69) is 12.2 Å². The zero-order valence-corrected chi connectivity index (χ0v) is 12.7. The highest BCUT2D eigenvalue weighted by molar-refractivity contribution is 5.87. The van der Waals surface area contributed by atoms with Crippen LogP contribution in [0.5, 0.6) is 5.75 Å². The third-order valence-electron chi connectivity index (χ3n) is 4.30. The second kappa shape index (κ2) is 8.03. The summed E-state index contributed by atoms with van der Waals surface area (Å²) in [6, 6.07) is 7.08. The molecule has 21 heavy (non-hydrogen) atoms. The predicted molar refractivity (Wildman–Crippen MR) is 82.9 cm³/mol. The molecule has 1 aliphatic rings. The molecular weight excluding hydrogens is 266 g/mol. The van der Waals surface area contributed by atoms with Crippen molar-refractivity contribution in [3.8, 4) is 5.75 Å². The molecule has 4 heteroatoms. The van der Waals surface area contributed by atoms with E-state index >= 15 is 0 Å². The van der Waals surface area contributed by atoms with Gasteiger partial charge in [0.05, 0.1) is 5.56 Å². The summed E-state index contributed by atoms with van der Waals surface area (Å²) >= 11 is 0. The number of carboxylic acid groups (broad SMARTS) is 1. The van der Waals surface area contributed by atoms with Gasteiger partial charge in [-0.2, -0.15) is 0 Å². The van der Waals surface area contributed by atoms with Crippen LogP contribution in [-0.2, 0) is 0 Å². The van der Waals surface area contributed by atoms with Gasteiger partial charge in [0.1, 0.15) is 12.4 Å². The van der Waals surface area contributed by atoms with E-state index in [0.717, 1.165) is 12.5 Å². The minimum Gasteiger partial charge on any atom is -0.492 e. The molecule has 4 nitrogen and oxygen atoms in total. The van der Waals surface area contributed by atoms with E-state index in [0.29, 0.717) is 18.4 Å². The number of aromatic carboxylic acids is 1. The molecule has 1 aromatic carbocycles. The van der Waals surface area contributed by atoms with Crippen LogP contribution in [0.25, 0.3) is 0 Å². The van der Waals surface area contributed by atoms with Gasteiger partial charge in [-0.1, -0.05) is 19.3 Å². The number of hydrogen-bond acceptors (Lipinski definition) is 3. The molecule has 1 atom stereocenters. The van der Waals surface area contributed by atoms with Crippen molar-refractivity contribution in [2.75, 3.05) is 13.2 Å². The molecule has 0 aromatic heterocycles. The monoisotopic (exact) mass is 291 g/mol. The van der Waals surface area contributed by atoms with Crippen LogP contribution < -0.4 is 10.1 Å². The summed E-state index contributed by atoms with van der Waals surface area (Å²) in [6.45, 7) is 3.68. The maximum absolute atomic E-state index is 10.7. The molecule has 0 radical (unpaired) electrons. The molecule has 1 aliphatic carbocycles. The average molecular weight is 291 g/mol. The molecule has 0 spiro atoms. The first-order valence-electron chi connectivity index (χ1n) is 7.86. The lowest BCUT2D eigenvalue weighted by atomic mass is 9.84. The Kier molecular flexibility index (Phi) is 6.05. The SMILES string of the molecule is C[C@H](NCCOc1ccc(C(=O)O)cc1)C1CCCCC1. The highest BCUT2D eigenvalue weighted by atomic mass is 16.5. The fourth-order valence-corrected chi connectivity index (χ4v) is 2.95. The van der Waals surface area contributed by atoms with Crippen molar-refractivity contribution >= 4 is 5.97 Å². The zero-order chi connectivity index (χ0) is 15.1. The normalized spacial score (nSPS) is 17.4. The number of carbonyl (C=O) groups is 1. The number of benzene rings is 1. The van der Waals surface area contributed by atoms with E-state index in [-0.39, 0.29) is 5.56 Å². The molecular formula is C17H25NO3. The molecule has 0 bridgehead atoms. The number of carboxylic acids is 1. The fraction of sp³-hybridized carbons (Fsp3) is 0.588. The Hall–Kier alpha value is -1.55. The quantitative estimate of drug-likeness (QED) is 0.757. The van der Waals surface area contributed by atoms with E-state index in [9.17, 15) is 4.79 Å². The smallest absolute Gasteiger partial charge is 0.335 e. The Balaban J connectivity index is 1.65. The van der Waals surface area contributed by atoms with Crippen LogP contribution >= 0.6 is 0 Å². The second-order valence-corrected chi connectivity index (χ2v) is 5.82. The van der Waals surface area contributed by atoms with Crippen molar-refractivity contribution in [3.05, 3.63) is 29.8 Å². The highest BCUT2D eigenvalue weighted by Gasteiger charge is 2.19. The first kappa shape index (κ1) is 15.8. The van der Waals surface area contributed by atoms with E-state index in [1.807, 2.05) is 0 Å². The number of ether oxygens (including phenoxy) is 1. The van der Waals surface area contributed by atoms with Crippen molar-refractivity contribution < 1.29 is 14.6 Å². The molecule has 0 amide bonds. The Morgan fingerprint density at radius 1 is 1.29 bits per heavy atom. The molecule has 1 saturated carbocycles. The lowest BCUT2D eigenvalue weighted by Gasteiger charge is -2.28. The molecule has 0 unspecified atom stereocenters. The highest BCUT2D eigenvalue weighted by Crippen LogP contribution is 2.26. The van der Waals surface area contributed by atoms with Crippen LogP contribution in [-0.4, -0.2) is 30.3 Å². The molecule has 2 N–H and O–H groups in total. The van der Waals surface area contributed by atoms with Crippen molar-refractivity contribution in [2.24, 2.45) is 5.92 Å². The molecule has 1 fully saturated rings. The topological polar surface area (TPSA) is 58.6 Å². The lowest BCUT2D eigenvalue weighted by molar-refractivity contribution is 0.0697. The van der Waals surface area contributed by atoms with Gasteiger partial charge in [-0.05, 0) is 49.9 Å². The molecule has 1 aromatic rings. The minimum absolute atomic E-state index is 0.284. The number of nitrogens with one attached hydrogen (secondary N) is 1. The summed E-state index contributed by atoms with van der Waals surface area (Å²) in [5, 5.41) is 12.4. The number of rotatable bonds is 7. The van der Waals surface area contributed by atoms with Crippen molar-refractivity contribution in [3.63, 3.8) is 0 Å². The second-order valence-electron chi connectivity index (χ2n) is 5.82. The van der Waals surface area contributed by atoms with Crippen LogP contribution in [0.15, 0.2) is 24.3 Å². The molecule has 2 rings (SSSR count). The maximum Gasteiger partial charge on any atom is 0.335 e. The fourth-order valence-electron chi connectivity index (χ4n) is 2.95. The third kappa shape index (κ3) is 5.05. The first-order valence-corrected chi connectivity index (χ1v) is 7.86. The van der Waals surface area contributed by atoms with Crippen molar-refractivity contribution in [1.29, 1.82) is 0 Å². The first-order chi connectivity index (χ1) is 10.2. The van der Waals surface area contributed by atoms with Crippen molar-refractivity contribution in [1.82, 2.24) is 5.32 Å². The van der Waals surface area contributed by atoms with Gasteiger partial charge >= 0.3 is 5.97 Å². The zero-order valence-electron chi connectivity index (χ0n) is 12.7.